The van der Waals surface area contributed by atoms with Crippen molar-refractivity contribution < 1.29 is 4.48 Å². The molecular weight excluding hydrogens is 223 g/mol. The Kier molecular flexibility index (Phi) is 2.37. The third-order valence-corrected chi connectivity index (χ3v) is 3.50. The molecular formula is C13H17BN4+. The smallest absolute Gasteiger partial charge is 0.352 e. The first-order valence-corrected chi connectivity index (χ1v) is 6.06. The normalized spacial score (nSPS) is 29.0. The van der Waals surface area contributed by atoms with Crippen molar-refractivity contribution in [3.63, 3.8) is 0 Å². The Morgan fingerprint density at radius 2 is 2.22 bits per heavy atom. The van der Waals surface area contributed by atoms with Gasteiger partial charge in [0.25, 0.3) is 0 Å². The summed E-state index contributed by atoms with van der Waals surface area (Å²) in [6, 6.07) is 0. The molecule has 0 saturated carbocycles. The first-order chi connectivity index (χ1) is 8.54. The van der Waals surface area contributed by atoms with E-state index < -0.39 is 0 Å². The van der Waals surface area contributed by atoms with E-state index in [1.54, 1.807) is 0 Å². The molecule has 0 aromatic rings. The number of nitrogens with zero attached hydrogens (tertiary/aromatic N) is 4. The van der Waals surface area contributed by atoms with Crippen LogP contribution in [0.15, 0.2) is 53.1 Å². The standard InChI is InChI=1S/C13H17BN4/c1-10-13-11(2)17(14-16(3)4)9-18(13)8-6-5-7-12(18)15-10/h5-8H,2,9H2,1,3-4H3/q+1. The van der Waals surface area contributed by atoms with Gasteiger partial charge in [0, 0.05) is 6.08 Å². The maximum atomic E-state index is 4.67. The van der Waals surface area contributed by atoms with Gasteiger partial charge in [0.1, 0.15) is 11.9 Å². The van der Waals surface area contributed by atoms with Crippen molar-refractivity contribution in [2.24, 2.45) is 4.99 Å². The summed E-state index contributed by atoms with van der Waals surface area (Å²) in [6.07, 6.45) is 8.41. The van der Waals surface area contributed by atoms with E-state index in [-0.39, 0.29) is 0 Å². The summed E-state index contributed by atoms with van der Waals surface area (Å²) in [6.45, 7) is 7.13. The zero-order valence-corrected chi connectivity index (χ0v) is 11.1. The fourth-order valence-corrected chi connectivity index (χ4v) is 2.85. The van der Waals surface area contributed by atoms with Gasteiger partial charge in [-0.15, -0.1) is 0 Å². The van der Waals surface area contributed by atoms with E-state index in [2.05, 4.69) is 49.2 Å². The zero-order chi connectivity index (χ0) is 12.9. The van der Waals surface area contributed by atoms with Gasteiger partial charge in [0.2, 0.25) is 5.84 Å². The Morgan fingerprint density at radius 3 is 2.94 bits per heavy atom. The summed E-state index contributed by atoms with van der Waals surface area (Å²) in [5.41, 5.74) is 3.32. The minimum atomic E-state index is 0.686. The van der Waals surface area contributed by atoms with Crippen LogP contribution in [0.3, 0.4) is 0 Å². The molecule has 4 nitrogen and oxygen atoms in total. The van der Waals surface area contributed by atoms with Crippen molar-refractivity contribution in [2.45, 2.75) is 6.92 Å². The van der Waals surface area contributed by atoms with Crippen molar-refractivity contribution in [1.29, 1.82) is 0 Å². The number of hydrogen-bond acceptors (Lipinski definition) is 3. The van der Waals surface area contributed by atoms with Gasteiger partial charge < -0.3 is 9.62 Å². The van der Waals surface area contributed by atoms with Crippen molar-refractivity contribution in [2.75, 3.05) is 20.8 Å². The van der Waals surface area contributed by atoms with E-state index in [0.29, 0.717) is 4.48 Å². The molecule has 3 heterocycles. The van der Waals surface area contributed by atoms with Crippen LogP contribution < -0.4 is 0 Å². The van der Waals surface area contributed by atoms with Gasteiger partial charge in [-0.3, -0.25) is 0 Å². The summed E-state index contributed by atoms with van der Waals surface area (Å²) < 4.78 is 0.686. The van der Waals surface area contributed by atoms with Crippen molar-refractivity contribution in [3.8, 4) is 0 Å². The molecule has 3 aliphatic rings. The van der Waals surface area contributed by atoms with Gasteiger partial charge in [-0.25, -0.2) is 0 Å². The lowest BCUT2D eigenvalue weighted by Gasteiger charge is -2.27. The average Bonchev–Trinajstić information content (AvgIpc) is 2.72. The third-order valence-electron chi connectivity index (χ3n) is 3.50. The zero-order valence-electron chi connectivity index (χ0n) is 11.1. The lowest BCUT2D eigenvalue weighted by Crippen LogP contribution is -2.46. The van der Waals surface area contributed by atoms with Crippen LogP contribution in [-0.2, 0) is 0 Å². The summed E-state index contributed by atoms with van der Waals surface area (Å²) in [5.74, 6) is 1.08. The number of allylic oxidation sites excluding steroid dienone is 3. The molecule has 0 amide bonds. The van der Waals surface area contributed by atoms with Crippen LogP contribution in [0.2, 0.25) is 0 Å². The Morgan fingerprint density at radius 1 is 1.44 bits per heavy atom. The maximum absolute atomic E-state index is 4.67. The first kappa shape index (κ1) is 11.5. The molecule has 0 N–H and O–H groups in total. The van der Waals surface area contributed by atoms with Crippen molar-refractivity contribution in [1.82, 2.24) is 9.62 Å². The van der Waals surface area contributed by atoms with Crippen molar-refractivity contribution in [3.05, 3.63) is 48.1 Å². The number of quaternary nitrogens is 1. The summed E-state index contributed by atoms with van der Waals surface area (Å²) in [5, 5.41) is 0. The molecule has 18 heavy (non-hydrogen) atoms. The van der Waals surface area contributed by atoms with Crippen LogP contribution in [0.1, 0.15) is 6.92 Å². The Labute approximate surface area is 109 Å². The minimum Gasteiger partial charge on any atom is -0.352 e. The van der Waals surface area contributed by atoms with E-state index in [9.17, 15) is 0 Å². The topological polar surface area (TPSA) is 18.8 Å². The lowest BCUT2D eigenvalue weighted by atomic mass is 10.1. The number of rotatable bonds is 2. The number of hydrogen-bond donors (Lipinski definition) is 0. The summed E-state index contributed by atoms with van der Waals surface area (Å²) in [4.78, 5) is 8.90. The Bertz CT molecular complexity index is 541. The van der Waals surface area contributed by atoms with Gasteiger partial charge >= 0.3 is 7.55 Å². The van der Waals surface area contributed by atoms with Crippen LogP contribution >= 0.6 is 0 Å². The predicted molar refractivity (Wildman–Crippen MR) is 74.0 cm³/mol. The van der Waals surface area contributed by atoms with Gasteiger partial charge in [-0.1, -0.05) is 6.58 Å². The SMILES string of the molecule is C=C1C2=C(C)N=C3C=CC=C[N+]32CN1[B]N(C)C. The average molecular weight is 240 g/mol. The molecule has 3 rings (SSSR count). The highest BCUT2D eigenvalue weighted by Gasteiger charge is 2.52. The van der Waals surface area contributed by atoms with E-state index in [4.69, 9.17) is 0 Å². The molecule has 0 aromatic carbocycles. The monoisotopic (exact) mass is 240 g/mol. The maximum Gasteiger partial charge on any atom is 0.356 e. The second-order valence-corrected chi connectivity index (χ2v) is 5.11. The minimum absolute atomic E-state index is 0.686. The first-order valence-electron chi connectivity index (χ1n) is 6.06. The van der Waals surface area contributed by atoms with Crippen LogP contribution in [0.4, 0.5) is 0 Å². The second kappa shape index (κ2) is 3.70. The summed E-state index contributed by atoms with van der Waals surface area (Å²) >= 11 is 0. The van der Waals surface area contributed by atoms with Crippen LogP contribution in [-0.4, -0.2) is 48.3 Å². The molecule has 1 radical (unpaired) electrons. The molecule has 1 saturated heterocycles. The van der Waals surface area contributed by atoms with Crippen LogP contribution in [0, 0.1) is 0 Å². The van der Waals surface area contributed by atoms with Gasteiger partial charge in [-0.05, 0) is 33.2 Å². The predicted octanol–water partition coefficient (Wildman–Crippen LogP) is 1.41. The fourth-order valence-electron chi connectivity index (χ4n) is 2.85. The highest BCUT2D eigenvalue weighted by Crippen LogP contribution is 2.43. The third kappa shape index (κ3) is 1.38. The molecule has 1 spiro atoms. The molecule has 5 heteroatoms. The van der Waals surface area contributed by atoms with Gasteiger partial charge in [0.05, 0.1) is 5.70 Å². The van der Waals surface area contributed by atoms with E-state index in [0.717, 1.165) is 23.9 Å². The van der Waals surface area contributed by atoms with Crippen LogP contribution in [0.25, 0.3) is 0 Å². The Hall–Kier alpha value is -1.59. The van der Waals surface area contributed by atoms with Crippen molar-refractivity contribution >= 4 is 13.4 Å². The molecule has 1 atom stereocenters. The molecule has 91 valence electrons. The highest BCUT2D eigenvalue weighted by molar-refractivity contribution is 6.29. The van der Waals surface area contributed by atoms with Gasteiger partial charge in [-0.2, -0.15) is 9.48 Å². The highest BCUT2D eigenvalue weighted by atomic mass is 15.5. The fraction of sp³-hybridized carbons (Fsp3) is 0.308. The van der Waals surface area contributed by atoms with E-state index in [1.165, 1.54) is 5.70 Å². The quantitative estimate of drug-likeness (QED) is 0.537. The van der Waals surface area contributed by atoms with E-state index in [1.807, 2.05) is 25.0 Å². The second-order valence-electron chi connectivity index (χ2n) is 5.11. The molecule has 1 unspecified atom stereocenters. The molecule has 0 aliphatic carbocycles. The van der Waals surface area contributed by atoms with Crippen LogP contribution in [0.5, 0.6) is 0 Å². The number of amidine groups is 1. The van der Waals surface area contributed by atoms with Gasteiger partial charge in [0.15, 0.2) is 12.4 Å². The molecule has 3 aliphatic heterocycles. The van der Waals surface area contributed by atoms with E-state index >= 15 is 0 Å². The molecule has 1 fully saturated rings. The lowest BCUT2D eigenvalue weighted by molar-refractivity contribution is -0.737. The largest absolute Gasteiger partial charge is 0.356 e. The Balaban J connectivity index is 2.03. The molecule has 0 bridgehead atoms. The summed E-state index contributed by atoms with van der Waals surface area (Å²) in [7, 11) is 6.13. The number of aliphatic imine (C=N–C) groups is 1. The molecule has 0 aromatic heterocycles.